The van der Waals surface area contributed by atoms with Gasteiger partial charge in [0.2, 0.25) is 10.0 Å². The van der Waals surface area contributed by atoms with Crippen molar-refractivity contribution in [1.82, 2.24) is 4.31 Å². The smallest absolute Gasteiger partial charge is 0.242 e. The summed E-state index contributed by atoms with van der Waals surface area (Å²) in [5.41, 5.74) is 7.04. The molecule has 0 saturated heterocycles. The van der Waals surface area contributed by atoms with Crippen molar-refractivity contribution in [2.24, 2.45) is 11.7 Å². The molecule has 1 unspecified atom stereocenters. The van der Waals surface area contributed by atoms with Gasteiger partial charge in [-0.05, 0) is 36.6 Å². The van der Waals surface area contributed by atoms with E-state index in [1.54, 1.807) is 12.1 Å². The summed E-state index contributed by atoms with van der Waals surface area (Å²) in [7, 11) is 1.69. The Balaban J connectivity index is 2.74. The largest absolute Gasteiger partial charge is 0.375 e. The van der Waals surface area contributed by atoms with Gasteiger partial charge in [-0.25, -0.2) is 12.7 Å². The van der Waals surface area contributed by atoms with Crippen LogP contribution in [0.25, 0.3) is 0 Å². The van der Waals surface area contributed by atoms with Gasteiger partial charge < -0.3 is 10.6 Å². The van der Waals surface area contributed by atoms with Crippen molar-refractivity contribution in [2.75, 3.05) is 32.6 Å². The minimum Gasteiger partial charge on any atom is -0.375 e. The molecule has 1 aromatic rings. The highest BCUT2D eigenvalue weighted by atomic mass is 32.2. The summed E-state index contributed by atoms with van der Waals surface area (Å²) in [6, 6.07) is 7.13. The Morgan fingerprint density at radius 2 is 1.62 bits per heavy atom. The summed E-state index contributed by atoms with van der Waals surface area (Å²) in [4.78, 5) is 2.40. The van der Waals surface area contributed by atoms with Crippen molar-refractivity contribution in [3.05, 3.63) is 24.3 Å². The van der Waals surface area contributed by atoms with Gasteiger partial charge in [0.05, 0.1) is 4.90 Å². The molecule has 0 aromatic heterocycles. The zero-order valence-corrected chi connectivity index (χ0v) is 14.4. The Morgan fingerprint density at radius 3 is 2.05 bits per heavy atom. The maximum atomic E-state index is 12.0. The Bertz CT molecular complexity index is 539. The number of nitrogens with two attached hydrogens (primary N) is 1. The van der Waals surface area contributed by atoms with E-state index < -0.39 is 10.0 Å². The number of hydrogen-bond acceptors (Lipinski definition) is 4. The predicted molar refractivity (Wildman–Crippen MR) is 88.0 cm³/mol. The maximum absolute atomic E-state index is 12.0. The molecular weight excluding hydrogens is 286 g/mol. The first-order valence-electron chi connectivity index (χ1n) is 7.15. The Kier molecular flexibility index (Phi) is 6.19. The normalized spacial score (nSPS) is 13.7. The third-order valence-electron chi connectivity index (χ3n) is 3.71. The first kappa shape index (κ1) is 17.9. The summed E-state index contributed by atoms with van der Waals surface area (Å²) in [6.45, 7) is 5.08. The van der Waals surface area contributed by atoms with Crippen molar-refractivity contribution < 1.29 is 8.42 Å². The van der Waals surface area contributed by atoms with E-state index in [9.17, 15) is 8.42 Å². The minimum absolute atomic E-state index is 0.181. The van der Waals surface area contributed by atoms with Crippen LogP contribution in [0.1, 0.15) is 20.3 Å². The predicted octanol–water partition coefficient (Wildman–Crippen LogP) is 1.75. The van der Waals surface area contributed by atoms with E-state index in [1.807, 2.05) is 19.2 Å². The number of hydrogen-bond donors (Lipinski definition) is 1. The molecule has 21 heavy (non-hydrogen) atoms. The summed E-state index contributed by atoms with van der Waals surface area (Å²) in [5.74, 6) is 0.464. The van der Waals surface area contributed by atoms with Crippen LogP contribution in [0.3, 0.4) is 0 Å². The summed E-state index contributed by atoms with van der Waals surface area (Å²) < 4.78 is 25.2. The van der Waals surface area contributed by atoms with E-state index in [0.717, 1.165) is 18.7 Å². The zero-order valence-electron chi connectivity index (χ0n) is 13.6. The molecule has 0 heterocycles. The second-order valence-electron chi connectivity index (χ2n) is 5.90. The SMILES string of the molecule is CC(C)C(N)CCN(C)c1ccc(S(=O)(=O)N(C)C)cc1. The van der Waals surface area contributed by atoms with Gasteiger partial charge in [0, 0.05) is 39.4 Å². The van der Waals surface area contributed by atoms with Crippen LogP contribution in [0.2, 0.25) is 0 Å². The molecule has 6 heteroatoms. The molecular formula is C15H27N3O2S. The molecule has 0 aliphatic rings. The summed E-state index contributed by atoms with van der Waals surface area (Å²) >= 11 is 0. The molecule has 0 amide bonds. The molecule has 0 spiro atoms. The lowest BCUT2D eigenvalue weighted by Gasteiger charge is -2.23. The molecule has 0 saturated carbocycles. The summed E-state index contributed by atoms with van der Waals surface area (Å²) in [5, 5.41) is 0. The molecule has 2 N–H and O–H groups in total. The lowest BCUT2D eigenvalue weighted by Crippen LogP contribution is -2.31. The second kappa shape index (κ2) is 7.24. The van der Waals surface area contributed by atoms with Crippen LogP contribution in [0.15, 0.2) is 29.2 Å². The summed E-state index contributed by atoms with van der Waals surface area (Å²) in [6.07, 6.45) is 0.909. The number of benzene rings is 1. The fraction of sp³-hybridized carbons (Fsp3) is 0.600. The van der Waals surface area contributed by atoms with Gasteiger partial charge in [-0.3, -0.25) is 0 Å². The number of anilines is 1. The van der Waals surface area contributed by atoms with Gasteiger partial charge in [-0.15, -0.1) is 0 Å². The van der Waals surface area contributed by atoms with Gasteiger partial charge in [0.15, 0.2) is 0 Å². The standard InChI is InChI=1S/C15H27N3O2S/c1-12(2)15(16)10-11-18(5)13-6-8-14(9-7-13)21(19,20)17(3)4/h6-9,12,15H,10-11,16H2,1-5H3. The van der Waals surface area contributed by atoms with Crippen molar-refractivity contribution in [1.29, 1.82) is 0 Å². The van der Waals surface area contributed by atoms with Crippen LogP contribution in [-0.4, -0.2) is 46.5 Å². The molecule has 120 valence electrons. The Hall–Kier alpha value is -1.11. The highest BCUT2D eigenvalue weighted by Crippen LogP contribution is 2.19. The third-order valence-corrected chi connectivity index (χ3v) is 5.54. The maximum Gasteiger partial charge on any atom is 0.242 e. The van der Waals surface area contributed by atoms with E-state index in [4.69, 9.17) is 5.73 Å². The molecule has 1 atom stereocenters. The Morgan fingerprint density at radius 1 is 1.10 bits per heavy atom. The fourth-order valence-electron chi connectivity index (χ4n) is 1.89. The molecule has 0 bridgehead atoms. The van der Waals surface area contributed by atoms with Gasteiger partial charge in [-0.2, -0.15) is 0 Å². The van der Waals surface area contributed by atoms with Crippen LogP contribution in [-0.2, 0) is 10.0 Å². The van der Waals surface area contributed by atoms with Crippen LogP contribution in [0.5, 0.6) is 0 Å². The van der Waals surface area contributed by atoms with Crippen molar-refractivity contribution in [2.45, 2.75) is 31.2 Å². The van der Waals surface area contributed by atoms with E-state index in [2.05, 4.69) is 18.7 Å². The molecule has 1 rings (SSSR count). The average molecular weight is 313 g/mol. The first-order chi connectivity index (χ1) is 9.66. The van der Waals surface area contributed by atoms with Crippen molar-refractivity contribution in [3.8, 4) is 0 Å². The van der Waals surface area contributed by atoms with Crippen LogP contribution < -0.4 is 10.6 Å². The lowest BCUT2D eigenvalue weighted by atomic mass is 10.0. The van der Waals surface area contributed by atoms with Crippen LogP contribution in [0.4, 0.5) is 5.69 Å². The van der Waals surface area contributed by atoms with Gasteiger partial charge in [0.1, 0.15) is 0 Å². The van der Waals surface area contributed by atoms with Crippen LogP contribution in [0, 0.1) is 5.92 Å². The molecule has 0 fully saturated rings. The zero-order chi connectivity index (χ0) is 16.2. The number of sulfonamides is 1. The van der Waals surface area contributed by atoms with E-state index in [1.165, 1.54) is 18.4 Å². The second-order valence-corrected chi connectivity index (χ2v) is 8.05. The van der Waals surface area contributed by atoms with Crippen LogP contribution >= 0.6 is 0 Å². The third kappa shape index (κ3) is 4.69. The Labute approximate surface area is 128 Å². The quantitative estimate of drug-likeness (QED) is 0.833. The van der Waals surface area contributed by atoms with E-state index >= 15 is 0 Å². The molecule has 0 aliphatic carbocycles. The van der Waals surface area contributed by atoms with Gasteiger partial charge >= 0.3 is 0 Å². The lowest BCUT2D eigenvalue weighted by molar-refractivity contribution is 0.466. The monoisotopic (exact) mass is 313 g/mol. The number of nitrogens with zero attached hydrogens (tertiary/aromatic N) is 2. The molecule has 1 aromatic carbocycles. The molecule has 5 nitrogen and oxygen atoms in total. The fourth-order valence-corrected chi connectivity index (χ4v) is 2.79. The average Bonchev–Trinajstić information content (AvgIpc) is 2.44. The van der Waals surface area contributed by atoms with E-state index in [-0.39, 0.29) is 6.04 Å². The highest BCUT2D eigenvalue weighted by Gasteiger charge is 2.17. The highest BCUT2D eigenvalue weighted by molar-refractivity contribution is 7.89. The van der Waals surface area contributed by atoms with E-state index in [0.29, 0.717) is 10.8 Å². The van der Waals surface area contributed by atoms with Gasteiger partial charge in [-0.1, -0.05) is 13.8 Å². The topological polar surface area (TPSA) is 66.6 Å². The number of rotatable bonds is 7. The van der Waals surface area contributed by atoms with Gasteiger partial charge in [0.25, 0.3) is 0 Å². The van der Waals surface area contributed by atoms with Crippen molar-refractivity contribution in [3.63, 3.8) is 0 Å². The van der Waals surface area contributed by atoms with Crippen molar-refractivity contribution >= 4 is 15.7 Å². The molecule has 0 aliphatic heterocycles. The molecule has 0 radical (unpaired) electrons. The minimum atomic E-state index is -3.36. The first-order valence-corrected chi connectivity index (χ1v) is 8.59.